The van der Waals surface area contributed by atoms with Gasteiger partial charge in [0.2, 0.25) is 5.91 Å². The molecule has 0 spiro atoms. The molecule has 1 aromatic carbocycles. The van der Waals surface area contributed by atoms with Crippen LogP contribution in [0.5, 0.6) is 0 Å². The molecule has 1 fully saturated rings. The maximum absolute atomic E-state index is 12.2. The molecular weight excluding hydrogens is 384 g/mol. The highest BCUT2D eigenvalue weighted by Crippen LogP contribution is 2.27. The molecule has 29 heavy (non-hydrogen) atoms. The van der Waals surface area contributed by atoms with Gasteiger partial charge in [-0.15, -0.1) is 0 Å². The minimum absolute atomic E-state index is 0.113. The Morgan fingerprint density at radius 2 is 2.14 bits per heavy atom. The number of anilines is 1. The van der Waals surface area contributed by atoms with Gasteiger partial charge in [-0.2, -0.15) is 11.3 Å². The van der Waals surface area contributed by atoms with E-state index in [0.29, 0.717) is 19.0 Å². The first-order valence-electron chi connectivity index (χ1n) is 10.1. The first kappa shape index (κ1) is 21.3. The monoisotopic (exact) mass is 414 g/mol. The Morgan fingerprint density at radius 1 is 1.31 bits per heavy atom. The number of guanidine groups is 1. The van der Waals surface area contributed by atoms with E-state index in [4.69, 9.17) is 0 Å². The molecule has 0 saturated heterocycles. The molecule has 1 heterocycles. The zero-order valence-corrected chi connectivity index (χ0v) is 17.9. The summed E-state index contributed by atoms with van der Waals surface area (Å²) in [7, 11) is 0. The third-order valence-electron chi connectivity index (χ3n) is 5.18. The number of aliphatic hydroxyl groups is 1. The van der Waals surface area contributed by atoms with Crippen molar-refractivity contribution in [3.05, 3.63) is 52.2 Å². The predicted molar refractivity (Wildman–Crippen MR) is 119 cm³/mol. The van der Waals surface area contributed by atoms with Gasteiger partial charge in [-0.1, -0.05) is 18.6 Å². The lowest BCUT2D eigenvalue weighted by Crippen LogP contribution is -2.44. The lowest BCUT2D eigenvalue weighted by atomic mass is 9.85. The number of amides is 1. The molecule has 156 valence electrons. The summed E-state index contributed by atoms with van der Waals surface area (Å²) in [5, 5.41) is 24.0. The van der Waals surface area contributed by atoms with Crippen molar-refractivity contribution in [1.29, 1.82) is 0 Å². The second kappa shape index (κ2) is 9.89. The van der Waals surface area contributed by atoms with E-state index in [9.17, 15) is 9.90 Å². The van der Waals surface area contributed by atoms with E-state index in [1.54, 1.807) is 18.3 Å². The van der Waals surface area contributed by atoms with Crippen LogP contribution in [0.4, 0.5) is 5.69 Å². The fraction of sp³-hybridized carbons (Fsp3) is 0.455. The molecule has 4 N–H and O–H groups in total. The second-order valence-electron chi connectivity index (χ2n) is 7.65. The van der Waals surface area contributed by atoms with Gasteiger partial charge < -0.3 is 21.1 Å². The van der Waals surface area contributed by atoms with Crippen LogP contribution in [-0.2, 0) is 16.9 Å². The van der Waals surface area contributed by atoms with Gasteiger partial charge in [-0.3, -0.25) is 4.79 Å². The zero-order chi connectivity index (χ0) is 20.7. The summed E-state index contributed by atoms with van der Waals surface area (Å²) in [4.78, 5) is 16.8. The number of carbonyl (C=O) groups excluding carboxylic acids is 1. The zero-order valence-electron chi connectivity index (χ0n) is 17.1. The summed E-state index contributed by atoms with van der Waals surface area (Å²) < 4.78 is 0. The van der Waals surface area contributed by atoms with Crippen molar-refractivity contribution in [2.24, 2.45) is 10.9 Å². The summed E-state index contributed by atoms with van der Waals surface area (Å²) in [6.07, 6.45) is 3.12. The van der Waals surface area contributed by atoms with Crippen LogP contribution in [0.15, 0.2) is 46.1 Å². The Bertz CT molecular complexity index is 829. The molecule has 0 aliphatic heterocycles. The summed E-state index contributed by atoms with van der Waals surface area (Å²) in [5.74, 6) is 0.923. The molecule has 3 rings (SSSR count). The summed E-state index contributed by atoms with van der Waals surface area (Å²) in [5.41, 5.74) is 1.74. The fourth-order valence-corrected chi connectivity index (χ4v) is 3.89. The molecule has 1 aliphatic rings. The van der Waals surface area contributed by atoms with Crippen LogP contribution < -0.4 is 16.0 Å². The van der Waals surface area contributed by atoms with Gasteiger partial charge in [0.15, 0.2) is 5.96 Å². The third kappa shape index (κ3) is 6.05. The third-order valence-corrected chi connectivity index (χ3v) is 5.86. The van der Waals surface area contributed by atoms with Crippen LogP contribution in [0.3, 0.4) is 0 Å². The average molecular weight is 415 g/mol. The molecule has 1 saturated carbocycles. The van der Waals surface area contributed by atoms with Gasteiger partial charge in [-0.25, -0.2) is 4.99 Å². The van der Waals surface area contributed by atoms with Gasteiger partial charge in [0, 0.05) is 18.2 Å². The molecule has 1 unspecified atom stereocenters. The fourth-order valence-electron chi connectivity index (χ4n) is 3.10. The maximum Gasteiger partial charge on any atom is 0.227 e. The van der Waals surface area contributed by atoms with E-state index in [1.807, 2.05) is 48.0 Å². The largest absolute Gasteiger partial charge is 0.384 e. The minimum Gasteiger partial charge on any atom is -0.384 e. The van der Waals surface area contributed by atoms with Crippen molar-refractivity contribution in [3.63, 3.8) is 0 Å². The molecule has 1 aromatic heterocycles. The van der Waals surface area contributed by atoms with Gasteiger partial charge in [0.25, 0.3) is 0 Å². The second-order valence-corrected chi connectivity index (χ2v) is 8.43. The van der Waals surface area contributed by atoms with E-state index in [1.165, 1.54) is 0 Å². The van der Waals surface area contributed by atoms with E-state index < -0.39 is 5.60 Å². The Kier molecular flexibility index (Phi) is 7.28. The van der Waals surface area contributed by atoms with Crippen molar-refractivity contribution in [2.75, 3.05) is 18.4 Å². The number of nitrogens with zero attached hydrogens (tertiary/aromatic N) is 1. The molecule has 6 nitrogen and oxygen atoms in total. The summed E-state index contributed by atoms with van der Waals surface area (Å²) in [6, 6.07) is 9.73. The maximum atomic E-state index is 12.2. The smallest absolute Gasteiger partial charge is 0.227 e. The predicted octanol–water partition coefficient (Wildman–Crippen LogP) is 3.45. The topological polar surface area (TPSA) is 85.8 Å². The number of aliphatic imine (C=N–C) groups is 1. The van der Waals surface area contributed by atoms with Crippen molar-refractivity contribution in [3.8, 4) is 0 Å². The lowest BCUT2D eigenvalue weighted by molar-refractivity contribution is -0.122. The van der Waals surface area contributed by atoms with Gasteiger partial charge >= 0.3 is 0 Å². The number of carbonyl (C=O) groups is 1. The van der Waals surface area contributed by atoms with Crippen molar-refractivity contribution < 1.29 is 9.90 Å². The average Bonchev–Trinajstić information content (AvgIpc) is 3.18. The molecule has 0 bridgehead atoms. The molecular formula is C22H30N4O2S. The number of nitrogens with one attached hydrogen (secondary N) is 3. The lowest BCUT2D eigenvalue weighted by Gasteiger charge is -2.24. The molecule has 1 amide bonds. The van der Waals surface area contributed by atoms with E-state index in [-0.39, 0.29) is 11.8 Å². The highest BCUT2D eigenvalue weighted by Gasteiger charge is 2.25. The molecule has 0 radical (unpaired) electrons. The highest BCUT2D eigenvalue weighted by molar-refractivity contribution is 7.08. The van der Waals surface area contributed by atoms with Crippen LogP contribution in [0, 0.1) is 5.92 Å². The SMILES string of the molecule is CCNC(=NCc1cccc(NC(=O)C2CCC2)c1)NCC(C)(O)c1ccsc1. The van der Waals surface area contributed by atoms with E-state index >= 15 is 0 Å². The Labute approximate surface area is 176 Å². The molecule has 1 atom stereocenters. The van der Waals surface area contributed by atoms with E-state index in [2.05, 4.69) is 20.9 Å². The summed E-state index contributed by atoms with van der Waals surface area (Å²) in [6.45, 7) is 5.35. The quantitative estimate of drug-likeness (QED) is 0.394. The number of benzene rings is 1. The standard InChI is InChI=1S/C22H30N4O2S/c1-3-23-21(25-15-22(2,28)18-10-11-29-14-18)24-13-16-6-4-9-19(12-16)26-20(27)17-7-5-8-17/h4,6,9-12,14,17,28H,3,5,7-8,13,15H2,1-2H3,(H,26,27)(H2,23,24,25). The van der Waals surface area contributed by atoms with Crippen LogP contribution in [0.25, 0.3) is 0 Å². The van der Waals surface area contributed by atoms with Crippen LogP contribution in [0.2, 0.25) is 0 Å². The number of hydrogen-bond acceptors (Lipinski definition) is 4. The number of rotatable bonds is 8. The Balaban J connectivity index is 1.59. The highest BCUT2D eigenvalue weighted by atomic mass is 32.1. The van der Waals surface area contributed by atoms with Gasteiger partial charge in [0.05, 0.1) is 13.1 Å². The van der Waals surface area contributed by atoms with Crippen LogP contribution in [-0.4, -0.2) is 30.1 Å². The van der Waals surface area contributed by atoms with Crippen LogP contribution >= 0.6 is 11.3 Å². The van der Waals surface area contributed by atoms with Crippen LogP contribution in [0.1, 0.15) is 44.2 Å². The van der Waals surface area contributed by atoms with Gasteiger partial charge in [-0.05, 0) is 66.8 Å². The molecule has 1 aliphatic carbocycles. The molecule has 7 heteroatoms. The Hall–Kier alpha value is -2.38. The van der Waals surface area contributed by atoms with Crippen molar-refractivity contribution in [2.45, 2.75) is 45.3 Å². The first-order valence-corrected chi connectivity index (χ1v) is 11.1. The van der Waals surface area contributed by atoms with Crippen molar-refractivity contribution >= 4 is 28.9 Å². The first-order chi connectivity index (χ1) is 14.0. The molecule has 2 aromatic rings. The Morgan fingerprint density at radius 3 is 2.79 bits per heavy atom. The number of hydrogen-bond donors (Lipinski definition) is 4. The number of thiophene rings is 1. The normalized spacial score (nSPS) is 16.6. The van der Waals surface area contributed by atoms with Gasteiger partial charge in [0.1, 0.15) is 5.60 Å². The minimum atomic E-state index is -0.970. The van der Waals surface area contributed by atoms with Crippen molar-refractivity contribution in [1.82, 2.24) is 10.6 Å². The van der Waals surface area contributed by atoms with E-state index in [0.717, 1.165) is 42.6 Å². The summed E-state index contributed by atoms with van der Waals surface area (Å²) >= 11 is 1.57.